The molecule has 5 nitrogen and oxygen atoms in total. The molecule has 0 aromatic rings. The second-order valence-electron chi connectivity index (χ2n) is 3.82. The van der Waals surface area contributed by atoms with E-state index in [9.17, 15) is 13.2 Å². The van der Waals surface area contributed by atoms with Crippen molar-refractivity contribution in [1.82, 2.24) is 0 Å². The maximum atomic E-state index is 10.8. The SMILES string of the molecule is CC(=O)CCOCCCC(C)OS(C)(=O)=O. The van der Waals surface area contributed by atoms with Gasteiger partial charge < -0.3 is 4.74 Å². The summed E-state index contributed by atoms with van der Waals surface area (Å²) in [6.45, 7) is 4.17. The van der Waals surface area contributed by atoms with Crippen LogP contribution in [0, 0.1) is 0 Å². The van der Waals surface area contributed by atoms with Gasteiger partial charge in [0.15, 0.2) is 0 Å². The van der Waals surface area contributed by atoms with E-state index in [1.54, 1.807) is 6.92 Å². The number of ketones is 1. The molecule has 96 valence electrons. The van der Waals surface area contributed by atoms with Gasteiger partial charge in [0.05, 0.1) is 19.0 Å². The van der Waals surface area contributed by atoms with Crippen molar-refractivity contribution in [2.24, 2.45) is 0 Å². The van der Waals surface area contributed by atoms with Gasteiger partial charge in [-0.1, -0.05) is 0 Å². The van der Waals surface area contributed by atoms with Crippen LogP contribution in [0.15, 0.2) is 0 Å². The van der Waals surface area contributed by atoms with E-state index in [0.29, 0.717) is 32.5 Å². The monoisotopic (exact) mass is 252 g/mol. The molecule has 0 saturated heterocycles. The summed E-state index contributed by atoms with van der Waals surface area (Å²) in [6, 6.07) is 0. The Labute approximate surface area is 97.2 Å². The molecule has 0 radical (unpaired) electrons. The third kappa shape index (κ3) is 11.6. The predicted molar refractivity (Wildman–Crippen MR) is 60.7 cm³/mol. The first kappa shape index (κ1) is 15.5. The summed E-state index contributed by atoms with van der Waals surface area (Å²) in [4.78, 5) is 10.6. The van der Waals surface area contributed by atoms with Crippen LogP contribution in [0.25, 0.3) is 0 Å². The highest BCUT2D eigenvalue weighted by Gasteiger charge is 2.09. The molecule has 0 aliphatic carbocycles. The van der Waals surface area contributed by atoms with E-state index >= 15 is 0 Å². The first-order chi connectivity index (χ1) is 7.31. The Bertz CT molecular complexity index is 296. The van der Waals surface area contributed by atoms with Crippen molar-refractivity contribution in [3.63, 3.8) is 0 Å². The highest BCUT2D eigenvalue weighted by molar-refractivity contribution is 7.86. The molecule has 0 aliphatic heterocycles. The third-order valence-electron chi connectivity index (χ3n) is 1.84. The lowest BCUT2D eigenvalue weighted by Crippen LogP contribution is -2.14. The number of ether oxygens (including phenoxy) is 1. The quantitative estimate of drug-likeness (QED) is 0.454. The number of carbonyl (C=O) groups is 1. The van der Waals surface area contributed by atoms with Crippen LogP contribution in [-0.4, -0.2) is 39.8 Å². The van der Waals surface area contributed by atoms with E-state index in [-0.39, 0.29) is 11.9 Å². The zero-order valence-corrected chi connectivity index (χ0v) is 10.9. The van der Waals surface area contributed by atoms with Gasteiger partial charge >= 0.3 is 0 Å². The Kier molecular flexibility index (Phi) is 7.53. The van der Waals surface area contributed by atoms with E-state index in [2.05, 4.69) is 0 Å². The fourth-order valence-electron chi connectivity index (χ4n) is 1.14. The van der Waals surface area contributed by atoms with Crippen LogP contribution in [0.4, 0.5) is 0 Å². The van der Waals surface area contributed by atoms with E-state index in [1.165, 1.54) is 6.92 Å². The van der Waals surface area contributed by atoms with Crippen LogP contribution in [-0.2, 0) is 23.8 Å². The molecule has 0 N–H and O–H groups in total. The summed E-state index contributed by atoms with van der Waals surface area (Å²) in [5, 5.41) is 0. The second kappa shape index (κ2) is 7.76. The molecule has 0 amide bonds. The minimum Gasteiger partial charge on any atom is -0.381 e. The van der Waals surface area contributed by atoms with Crippen LogP contribution >= 0.6 is 0 Å². The lowest BCUT2D eigenvalue weighted by Gasteiger charge is -2.10. The van der Waals surface area contributed by atoms with Crippen LogP contribution < -0.4 is 0 Å². The molecule has 0 aromatic heterocycles. The first-order valence-electron chi connectivity index (χ1n) is 5.26. The summed E-state index contributed by atoms with van der Waals surface area (Å²) in [5.41, 5.74) is 0. The van der Waals surface area contributed by atoms with Crippen LogP contribution in [0.3, 0.4) is 0 Å². The van der Waals surface area contributed by atoms with Gasteiger partial charge in [-0.05, 0) is 26.7 Å². The molecule has 0 aromatic carbocycles. The molecule has 6 heteroatoms. The highest BCUT2D eigenvalue weighted by atomic mass is 32.2. The van der Waals surface area contributed by atoms with Crippen molar-refractivity contribution in [3.8, 4) is 0 Å². The van der Waals surface area contributed by atoms with Gasteiger partial charge in [0.1, 0.15) is 5.78 Å². The van der Waals surface area contributed by atoms with Crippen molar-refractivity contribution in [2.45, 2.75) is 39.2 Å². The Morgan fingerprint density at radius 3 is 2.44 bits per heavy atom. The molecule has 0 bridgehead atoms. The van der Waals surface area contributed by atoms with Gasteiger partial charge in [-0.25, -0.2) is 0 Å². The number of hydrogen-bond donors (Lipinski definition) is 0. The topological polar surface area (TPSA) is 69.7 Å². The second-order valence-corrected chi connectivity index (χ2v) is 5.42. The minimum absolute atomic E-state index is 0.105. The van der Waals surface area contributed by atoms with Gasteiger partial charge in [0, 0.05) is 13.0 Å². The molecule has 1 atom stereocenters. The van der Waals surface area contributed by atoms with Crippen molar-refractivity contribution in [3.05, 3.63) is 0 Å². The number of hydrogen-bond acceptors (Lipinski definition) is 5. The fourth-order valence-corrected chi connectivity index (χ4v) is 1.83. The van der Waals surface area contributed by atoms with E-state index in [1.807, 2.05) is 0 Å². The number of Topliss-reactive ketones (excluding diaryl/α,β-unsaturated/α-hetero) is 1. The van der Waals surface area contributed by atoms with E-state index in [0.717, 1.165) is 6.26 Å². The molecular formula is C10H20O5S. The van der Waals surface area contributed by atoms with Crippen LogP contribution in [0.2, 0.25) is 0 Å². The maximum absolute atomic E-state index is 10.8. The standard InChI is InChI=1S/C10H20O5S/c1-9(11)6-8-14-7-4-5-10(2)15-16(3,12)13/h10H,4-8H2,1-3H3. The van der Waals surface area contributed by atoms with E-state index in [4.69, 9.17) is 8.92 Å². The lowest BCUT2D eigenvalue weighted by atomic mass is 10.2. The molecule has 0 fully saturated rings. The van der Waals surface area contributed by atoms with Gasteiger partial charge in [-0.2, -0.15) is 8.42 Å². The normalized spacial score (nSPS) is 13.7. The smallest absolute Gasteiger partial charge is 0.264 e. The van der Waals surface area contributed by atoms with Crippen LogP contribution in [0.1, 0.15) is 33.1 Å². The lowest BCUT2D eigenvalue weighted by molar-refractivity contribution is -0.118. The number of carbonyl (C=O) groups excluding carboxylic acids is 1. The van der Waals surface area contributed by atoms with Crippen LogP contribution in [0.5, 0.6) is 0 Å². The molecule has 0 rings (SSSR count). The molecule has 0 saturated carbocycles. The average Bonchev–Trinajstić information content (AvgIpc) is 2.07. The van der Waals surface area contributed by atoms with Crippen molar-refractivity contribution >= 4 is 15.9 Å². The summed E-state index contributed by atoms with van der Waals surface area (Å²) in [5.74, 6) is 0.105. The average molecular weight is 252 g/mol. The molecule has 0 heterocycles. The predicted octanol–water partition coefficient (Wildman–Crippen LogP) is 1.13. The van der Waals surface area contributed by atoms with E-state index < -0.39 is 10.1 Å². The Morgan fingerprint density at radius 2 is 1.94 bits per heavy atom. The first-order valence-corrected chi connectivity index (χ1v) is 7.08. The molecule has 1 unspecified atom stereocenters. The zero-order valence-electron chi connectivity index (χ0n) is 10.1. The molecule has 0 aliphatic rings. The maximum Gasteiger partial charge on any atom is 0.264 e. The van der Waals surface area contributed by atoms with Gasteiger partial charge in [-0.15, -0.1) is 0 Å². The largest absolute Gasteiger partial charge is 0.381 e. The van der Waals surface area contributed by atoms with Crippen molar-refractivity contribution in [2.75, 3.05) is 19.5 Å². The Morgan fingerprint density at radius 1 is 1.31 bits per heavy atom. The zero-order chi connectivity index (χ0) is 12.6. The summed E-state index contributed by atoms with van der Waals surface area (Å²) < 4.78 is 31.5. The van der Waals surface area contributed by atoms with Gasteiger partial charge in [0.2, 0.25) is 0 Å². The third-order valence-corrected chi connectivity index (χ3v) is 2.51. The fraction of sp³-hybridized carbons (Fsp3) is 0.900. The summed E-state index contributed by atoms with van der Waals surface area (Å²) >= 11 is 0. The van der Waals surface area contributed by atoms with Crippen molar-refractivity contribution in [1.29, 1.82) is 0 Å². The summed E-state index contributed by atoms with van der Waals surface area (Å²) in [6.07, 6.45) is 2.47. The Balaban J connectivity index is 3.41. The van der Waals surface area contributed by atoms with Gasteiger partial charge in [0.25, 0.3) is 10.1 Å². The highest BCUT2D eigenvalue weighted by Crippen LogP contribution is 2.05. The molecular weight excluding hydrogens is 232 g/mol. The Hall–Kier alpha value is -0.460. The molecule has 16 heavy (non-hydrogen) atoms. The molecule has 0 spiro atoms. The summed E-state index contributed by atoms with van der Waals surface area (Å²) in [7, 11) is -3.37. The number of rotatable bonds is 9. The van der Waals surface area contributed by atoms with Crippen molar-refractivity contribution < 1.29 is 22.1 Å². The minimum atomic E-state index is -3.37. The van der Waals surface area contributed by atoms with Gasteiger partial charge in [-0.3, -0.25) is 8.98 Å².